The van der Waals surface area contributed by atoms with Crippen molar-refractivity contribution >= 4 is 29.3 Å². The largest absolute Gasteiger partial charge is 0.345 e. The van der Waals surface area contributed by atoms with Crippen molar-refractivity contribution in [1.82, 2.24) is 31.5 Å². The van der Waals surface area contributed by atoms with Gasteiger partial charge in [-0.15, -0.1) is 10.6 Å². The first kappa shape index (κ1) is 18.9. The van der Waals surface area contributed by atoms with Gasteiger partial charge in [0.1, 0.15) is 0 Å². The molecule has 11 nitrogen and oxygen atoms in total. The van der Waals surface area contributed by atoms with Crippen molar-refractivity contribution in [3.63, 3.8) is 0 Å². The van der Waals surface area contributed by atoms with Gasteiger partial charge >= 0.3 is 0 Å². The van der Waals surface area contributed by atoms with E-state index in [0.717, 1.165) is 11.4 Å². The summed E-state index contributed by atoms with van der Waals surface area (Å²) in [6.45, 7) is 3.90. The zero-order valence-electron chi connectivity index (χ0n) is 15.4. The lowest BCUT2D eigenvalue weighted by molar-refractivity contribution is -0.114. The van der Waals surface area contributed by atoms with Crippen LogP contribution in [-0.4, -0.2) is 33.0 Å². The second-order valence-corrected chi connectivity index (χ2v) is 5.84. The zero-order chi connectivity index (χ0) is 19.9. The summed E-state index contributed by atoms with van der Waals surface area (Å²) in [6.07, 6.45) is 4.79. The molecular weight excluding hydrogens is 360 g/mol. The van der Waals surface area contributed by atoms with Crippen molar-refractivity contribution in [2.24, 2.45) is 15.9 Å². The lowest BCUT2D eigenvalue weighted by Gasteiger charge is -2.13. The van der Waals surface area contributed by atoms with Crippen LogP contribution < -0.4 is 27.1 Å². The number of hydrogen-bond acceptors (Lipinski definition) is 10. The first-order chi connectivity index (χ1) is 13.6. The second-order valence-electron chi connectivity index (χ2n) is 5.84. The molecule has 0 bridgehead atoms. The van der Waals surface area contributed by atoms with Gasteiger partial charge in [0.05, 0.1) is 29.8 Å². The smallest absolute Gasteiger partial charge is 0.273 e. The molecule has 5 N–H and O–H groups in total. The standard InChI is InChI=1S/C17H20N10O.H2/c1-11-3-5-14(12(2)22-11)19-10-15(23-18)17(28)20-9-13-4-6-16(25-24-13)27-8-7-21-26-27;/h3-8,10,21,26H,9,18H2,1-2H3,(H,20,28);1H/b19-10?,23-15+;. The maximum atomic E-state index is 12.3. The fraction of sp³-hybridized carbons (Fsp3) is 0.176. The zero-order valence-corrected chi connectivity index (χ0v) is 15.4. The maximum absolute atomic E-state index is 12.3. The van der Waals surface area contributed by atoms with E-state index in [1.807, 2.05) is 26.0 Å². The second kappa shape index (κ2) is 8.68. The van der Waals surface area contributed by atoms with Gasteiger partial charge in [-0.3, -0.25) is 14.8 Å². The lowest BCUT2D eigenvalue weighted by Crippen LogP contribution is -2.36. The molecule has 0 saturated heterocycles. The highest BCUT2D eigenvalue weighted by Gasteiger charge is 2.11. The van der Waals surface area contributed by atoms with Crippen LogP contribution in [0.15, 0.2) is 46.8 Å². The van der Waals surface area contributed by atoms with E-state index in [1.54, 1.807) is 29.5 Å². The summed E-state index contributed by atoms with van der Waals surface area (Å²) < 4.78 is 0. The van der Waals surface area contributed by atoms with Crippen molar-refractivity contribution < 1.29 is 6.22 Å². The summed E-state index contributed by atoms with van der Waals surface area (Å²) in [4.78, 5) is 20.8. The number of carbonyl (C=O) groups excluding carboxylic acids is 1. The van der Waals surface area contributed by atoms with E-state index < -0.39 is 5.91 Å². The van der Waals surface area contributed by atoms with Gasteiger partial charge in [-0.05, 0) is 38.1 Å². The van der Waals surface area contributed by atoms with Crippen LogP contribution in [0.4, 0.5) is 11.5 Å². The van der Waals surface area contributed by atoms with Crippen molar-refractivity contribution in [1.29, 1.82) is 0 Å². The molecule has 11 heteroatoms. The molecule has 0 aliphatic carbocycles. The normalized spacial score (nSPS) is 13.8. The Labute approximate surface area is 162 Å². The first-order valence-electron chi connectivity index (χ1n) is 8.41. The number of carbonyl (C=O) groups is 1. The van der Waals surface area contributed by atoms with Crippen LogP contribution in [-0.2, 0) is 11.3 Å². The quantitative estimate of drug-likeness (QED) is 0.318. The highest BCUT2D eigenvalue weighted by atomic mass is 16.1. The van der Waals surface area contributed by atoms with Crippen molar-refractivity contribution in [3.05, 3.63) is 53.7 Å². The fourth-order valence-electron chi connectivity index (χ4n) is 2.32. The Balaban J connectivity index is 0.00000300. The van der Waals surface area contributed by atoms with Crippen molar-refractivity contribution in [3.8, 4) is 0 Å². The van der Waals surface area contributed by atoms with Gasteiger partial charge in [-0.1, -0.05) is 0 Å². The van der Waals surface area contributed by atoms with E-state index in [9.17, 15) is 4.79 Å². The molecular formula is C17H22N10O. The first-order valence-corrected chi connectivity index (χ1v) is 8.41. The molecule has 0 fully saturated rings. The Morgan fingerprint density at radius 1 is 1.32 bits per heavy atom. The van der Waals surface area contributed by atoms with Crippen LogP contribution >= 0.6 is 0 Å². The minimum atomic E-state index is -0.469. The Bertz CT molecular complexity index is 942. The Kier molecular flexibility index (Phi) is 5.87. The average Bonchev–Trinajstić information content (AvgIpc) is 3.23. The van der Waals surface area contributed by atoms with Gasteiger partial charge in [0, 0.05) is 19.5 Å². The molecule has 146 valence electrons. The molecule has 0 spiro atoms. The van der Waals surface area contributed by atoms with E-state index in [0.29, 0.717) is 17.2 Å². The van der Waals surface area contributed by atoms with Gasteiger partial charge in [-0.2, -0.15) is 10.2 Å². The van der Waals surface area contributed by atoms with Crippen molar-refractivity contribution in [2.45, 2.75) is 20.4 Å². The van der Waals surface area contributed by atoms with Crippen LogP contribution in [0, 0.1) is 13.8 Å². The summed E-state index contributed by atoms with van der Waals surface area (Å²) >= 11 is 0. The number of hydrazine groups is 2. The molecule has 3 rings (SSSR count). The highest BCUT2D eigenvalue weighted by molar-refractivity contribution is 6.60. The number of nitrogens with one attached hydrogen (secondary N) is 3. The van der Waals surface area contributed by atoms with E-state index in [-0.39, 0.29) is 13.7 Å². The third-order valence-electron chi connectivity index (χ3n) is 3.77. The number of aryl methyl sites for hydroxylation is 2. The van der Waals surface area contributed by atoms with Crippen LogP contribution in [0.25, 0.3) is 0 Å². The van der Waals surface area contributed by atoms with Crippen LogP contribution in [0.5, 0.6) is 0 Å². The minimum Gasteiger partial charge on any atom is -0.345 e. The Hall–Kier alpha value is -3.86. The predicted molar refractivity (Wildman–Crippen MR) is 107 cm³/mol. The molecule has 3 heterocycles. The Morgan fingerprint density at radius 3 is 2.82 bits per heavy atom. The summed E-state index contributed by atoms with van der Waals surface area (Å²) in [5.41, 5.74) is 8.51. The van der Waals surface area contributed by atoms with E-state index >= 15 is 0 Å². The number of nitrogens with two attached hydrogens (primary N) is 1. The molecule has 1 amide bonds. The molecule has 0 saturated carbocycles. The number of aromatic nitrogens is 3. The number of nitrogens with zero attached hydrogens (tertiary/aromatic N) is 6. The van der Waals surface area contributed by atoms with E-state index in [2.05, 4.69) is 41.6 Å². The topological polar surface area (TPSA) is 146 Å². The highest BCUT2D eigenvalue weighted by Crippen LogP contribution is 2.15. The molecule has 2 aromatic heterocycles. The van der Waals surface area contributed by atoms with Crippen molar-refractivity contribution in [2.75, 3.05) is 5.01 Å². The molecule has 2 aromatic rings. The predicted octanol–water partition coefficient (Wildman–Crippen LogP) is 0.368. The van der Waals surface area contributed by atoms with Gasteiger partial charge in [0.25, 0.3) is 5.91 Å². The molecule has 0 atom stereocenters. The molecule has 0 radical (unpaired) electrons. The number of rotatable bonds is 6. The number of hydrogen-bond donors (Lipinski definition) is 4. The molecule has 0 unspecified atom stereocenters. The SMILES string of the molecule is Cc1ccc(N=C/C(=N\N)C(=O)NCc2ccc(N3C=CNN3)nn2)c(C)n1.[HH]. The number of amides is 1. The maximum Gasteiger partial charge on any atom is 0.273 e. The minimum absolute atomic E-state index is 0. The van der Waals surface area contributed by atoms with Crippen LogP contribution in [0.3, 0.4) is 0 Å². The van der Waals surface area contributed by atoms with Crippen LogP contribution in [0.2, 0.25) is 0 Å². The number of hydrazone groups is 1. The summed E-state index contributed by atoms with van der Waals surface area (Å²) in [6, 6.07) is 7.18. The molecule has 0 aromatic carbocycles. The third-order valence-corrected chi connectivity index (χ3v) is 3.77. The summed E-state index contributed by atoms with van der Waals surface area (Å²) in [5, 5.41) is 16.0. The van der Waals surface area contributed by atoms with Gasteiger partial charge in [0.15, 0.2) is 11.5 Å². The molecule has 28 heavy (non-hydrogen) atoms. The summed E-state index contributed by atoms with van der Waals surface area (Å²) in [5.74, 6) is 5.46. The van der Waals surface area contributed by atoms with Gasteiger partial charge in [-0.25, -0.2) is 5.01 Å². The number of anilines is 1. The fourth-order valence-corrected chi connectivity index (χ4v) is 2.32. The monoisotopic (exact) mass is 382 g/mol. The molecule has 1 aliphatic rings. The Morgan fingerprint density at radius 2 is 2.18 bits per heavy atom. The number of aliphatic imine (C=N–C) groups is 1. The number of pyridine rings is 1. The average molecular weight is 382 g/mol. The summed E-state index contributed by atoms with van der Waals surface area (Å²) in [7, 11) is 0. The van der Waals surface area contributed by atoms with E-state index in [1.165, 1.54) is 6.21 Å². The lowest BCUT2D eigenvalue weighted by atomic mass is 10.3. The van der Waals surface area contributed by atoms with Gasteiger partial charge < -0.3 is 16.6 Å². The van der Waals surface area contributed by atoms with E-state index in [4.69, 9.17) is 5.84 Å². The molecule has 1 aliphatic heterocycles. The van der Waals surface area contributed by atoms with Gasteiger partial charge in [0.2, 0.25) is 0 Å². The van der Waals surface area contributed by atoms with Crippen LogP contribution in [0.1, 0.15) is 18.5 Å². The third kappa shape index (κ3) is 4.65.